The normalized spacial score (nSPS) is 10.6. The van der Waals surface area contributed by atoms with Crippen LogP contribution < -0.4 is 10.5 Å². The number of rotatable bonds is 6. The van der Waals surface area contributed by atoms with Gasteiger partial charge in [-0.25, -0.2) is 0 Å². The predicted octanol–water partition coefficient (Wildman–Crippen LogP) is 1.99. The molecule has 0 aliphatic carbocycles. The summed E-state index contributed by atoms with van der Waals surface area (Å²) in [5.74, 6) is 0.849. The smallest absolute Gasteiger partial charge is 0.121 e. The molecule has 15 heavy (non-hydrogen) atoms. The molecule has 0 spiro atoms. The quantitative estimate of drug-likeness (QED) is 0.727. The fourth-order valence-electron chi connectivity index (χ4n) is 1.44. The third kappa shape index (κ3) is 4.21. The molecule has 84 valence electrons. The predicted molar refractivity (Wildman–Crippen MR) is 64.1 cm³/mol. The Morgan fingerprint density at radius 1 is 1.27 bits per heavy atom. The average molecular weight is 208 g/mol. The lowest BCUT2D eigenvalue weighted by Gasteiger charge is -2.18. The topological polar surface area (TPSA) is 38.5 Å². The molecule has 0 unspecified atom stereocenters. The van der Waals surface area contributed by atoms with Gasteiger partial charge >= 0.3 is 0 Å². The van der Waals surface area contributed by atoms with Gasteiger partial charge in [-0.2, -0.15) is 0 Å². The van der Waals surface area contributed by atoms with Gasteiger partial charge < -0.3 is 15.4 Å². The molecule has 1 aromatic rings. The van der Waals surface area contributed by atoms with Crippen molar-refractivity contribution >= 4 is 5.69 Å². The van der Waals surface area contributed by atoms with Crippen LogP contribution in [0.5, 0.6) is 5.75 Å². The van der Waals surface area contributed by atoms with E-state index in [-0.39, 0.29) is 0 Å². The first kappa shape index (κ1) is 11.9. The molecule has 1 rings (SSSR count). The Morgan fingerprint density at radius 3 is 2.60 bits per heavy atom. The summed E-state index contributed by atoms with van der Waals surface area (Å²) in [5, 5.41) is 0. The molecule has 0 radical (unpaired) electrons. The summed E-state index contributed by atoms with van der Waals surface area (Å²) >= 11 is 0. The van der Waals surface area contributed by atoms with Crippen LogP contribution >= 0.6 is 0 Å². The summed E-state index contributed by atoms with van der Waals surface area (Å²) in [7, 11) is 0. The molecular formula is C12H20N2O. The Bertz CT molecular complexity index is 285. The fraction of sp³-hybridized carbons (Fsp3) is 0.500. The Balaban J connectivity index is 2.31. The minimum Gasteiger partial charge on any atom is -0.492 e. The second-order valence-electron chi connectivity index (χ2n) is 3.45. The number of hydrogen-bond acceptors (Lipinski definition) is 3. The molecule has 2 N–H and O–H groups in total. The van der Waals surface area contributed by atoms with Crippen molar-refractivity contribution in [2.24, 2.45) is 0 Å². The second kappa shape index (κ2) is 6.30. The van der Waals surface area contributed by atoms with Crippen molar-refractivity contribution < 1.29 is 4.74 Å². The zero-order chi connectivity index (χ0) is 11.1. The highest BCUT2D eigenvalue weighted by Gasteiger charge is 1.99. The van der Waals surface area contributed by atoms with E-state index in [1.807, 2.05) is 24.3 Å². The number of likely N-dealkylation sites (N-methyl/N-ethyl adjacent to an activating group) is 1. The minimum absolute atomic E-state index is 0.713. The van der Waals surface area contributed by atoms with E-state index in [2.05, 4.69) is 18.7 Å². The lowest BCUT2D eigenvalue weighted by molar-refractivity contribution is 0.223. The molecule has 0 atom stereocenters. The Labute approximate surface area is 91.8 Å². The van der Waals surface area contributed by atoms with E-state index in [1.54, 1.807) is 0 Å². The van der Waals surface area contributed by atoms with Gasteiger partial charge in [-0.05, 0) is 25.2 Å². The summed E-state index contributed by atoms with van der Waals surface area (Å²) in [6.07, 6.45) is 0. The molecule has 3 heteroatoms. The summed E-state index contributed by atoms with van der Waals surface area (Å²) in [6, 6.07) is 7.54. The number of ether oxygens (including phenoxy) is 1. The van der Waals surface area contributed by atoms with Crippen molar-refractivity contribution in [1.82, 2.24) is 4.90 Å². The van der Waals surface area contributed by atoms with Gasteiger partial charge in [0.25, 0.3) is 0 Å². The maximum atomic E-state index is 5.65. The largest absolute Gasteiger partial charge is 0.492 e. The van der Waals surface area contributed by atoms with Gasteiger partial charge in [0.15, 0.2) is 0 Å². The lowest BCUT2D eigenvalue weighted by atomic mass is 10.3. The Kier molecular flexibility index (Phi) is 4.98. The maximum absolute atomic E-state index is 5.65. The minimum atomic E-state index is 0.713. The van der Waals surface area contributed by atoms with Gasteiger partial charge in [-0.3, -0.25) is 0 Å². The van der Waals surface area contributed by atoms with E-state index in [9.17, 15) is 0 Å². The van der Waals surface area contributed by atoms with Crippen molar-refractivity contribution in [2.75, 3.05) is 32.0 Å². The van der Waals surface area contributed by atoms with Gasteiger partial charge in [-0.15, -0.1) is 0 Å². The van der Waals surface area contributed by atoms with Crippen LogP contribution in [0.25, 0.3) is 0 Å². The molecule has 0 aliphatic heterocycles. The third-order valence-electron chi connectivity index (χ3n) is 2.43. The highest BCUT2D eigenvalue weighted by molar-refractivity contribution is 5.43. The zero-order valence-electron chi connectivity index (χ0n) is 9.57. The van der Waals surface area contributed by atoms with Crippen molar-refractivity contribution in [3.63, 3.8) is 0 Å². The Morgan fingerprint density at radius 2 is 2.00 bits per heavy atom. The van der Waals surface area contributed by atoms with E-state index in [0.29, 0.717) is 6.61 Å². The van der Waals surface area contributed by atoms with Crippen LogP contribution in [0.1, 0.15) is 13.8 Å². The molecule has 0 fully saturated rings. The van der Waals surface area contributed by atoms with E-state index in [1.165, 1.54) is 0 Å². The van der Waals surface area contributed by atoms with Crippen LogP contribution in [-0.2, 0) is 0 Å². The van der Waals surface area contributed by atoms with Crippen LogP contribution in [0, 0.1) is 0 Å². The lowest BCUT2D eigenvalue weighted by Crippen LogP contribution is -2.27. The number of nitrogens with zero attached hydrogens (tertiary/aromatic N) is 1. The van der Waals surface area contributed by atoms with Crippen LogP contribution in [0.15, 0.2) is 24.3 Å². The number of nitrogen functional groups attached to an aromatic ring is 1. The molecule has 1 aromatic carbocycles. The third-order valence-corrected chi connectivity index (χ3v) is 2.43. The standard InChI is InChI=1S/C12H20N2O/c1-3-14(4-2)8-9-15-12-7-5-6-11(13)10-12/h5-7,10H,3-4,8-9,13H2,1-2H3. The van der Waals surface area contributed by atoms with E-state index in [0.717, 1.165) is 31.1 Å². The Hall–Kier alpha value is -1.22. The summed E-state index contributed by atoms with van der Waals surface area (Å²) in [6.45, 7) is 8.12. The second-order valence-corrected chi connectivity index (χ2v) is 3.45. The number of hydrogen-bond donors (Lipinski definition) is 1. The van der Waals surface area contributed by atoms with Crippen LogP contribution in [0.2, 0.25) is 0 Å². The molecule has 0 aromatic heterocycles. The average Bonchev–Trinajstić information content (AvgIpc) is 2.25. The molecule has 0 bridgehead atoms. The van der Waals surface area contributed by atoms with Crippen LogP contribution in [0.4, 0.5) is 5.69 Å². The molecule has 0 saturated carbocycles. The van der Waals surface area contributed by atoms with Gasteiger partial charge in [0.2, 0.25) is 0 Å². The molecular weight excluding hydrogens is 188 g/mol. The van der Waals surface area contributed by atoms with Crippen molar-refractivity contribution in [3.8, 4) is 5.75 Å². The summed E-state index contributed by atoms with van der Waals surface area (Å²) in [4.78, 5) is 2.33. The number of benzene rings is 1. The first-order valence-electron chi connectivity index (χ1n) is 5.47. The van der Waals surface area contributed by atoms with E-state index < -0.39 is 0 Å². The van der Waals surface area contributed by atoms with Gasteiger partial charge in [-0.1, -0.05) is 19.9 Å². The monoisotopic (exact) mass is 208 g/mol. The summed E-state index contributed by atoms with van der Waals surface area (Å²) < 4.78 is 5.60. The van der Waals surface area contributed by atoms with Crippen molar-refractivity contribution in [2.45, 2.75) is 13.8 Å². The fourth-order valence-corrected chi connectivity index (χ4v) is 1.44. The maximum Gasteiger partial charge on any atom is 0.121 e. The van der Waals surface area contributed by atoms with Crippen molar-refractivity contribution in [1.29, 1.82) is 0 Å². The van der Waals surface area contributed by atoms with Gasteiger partial charge in [0, 0.05) is 18.3 Å². The van der Waals surface area contributed by atoms with Crippen LogP contribution in [-0.4, -0.2) is 31.1 Å². The SMILES string of the molecule is CCN(CC)CCOc1cccc(N)c1. The molecule has 0 saturated heterocycles. The highest BCUT2D eigenvalue weighted by atomic mass is 16.5. The number of anilines is 1. The van der Waals surface area contributed by atoms with Gasteiger partial charge in [0.05, 0.1) is 0 Å². The van der Waals surface area contributed by atoms with E-state index in [4.69, 9.17) is 10.5 Å². The van der Waals surface area contributed by atoms with Crippen molar-refractivity contribution in [3.05, 3.63) is 24.3 Å². The van der Waals surface area contributed by atoms with Gasteiger partial charge in [0.1, 0.15) is 12.4 Å². The van der Waals surface area contributed by atoms with E-state index >= 15 is 0 Å². The zero-order valence-corrected chi connectivity index (χ0v) is 9.57. The molecule has 3 nitrogen and oxygen atoms in total. The summed E-state index contributed by atoms with van der Waals surface area (Å²) in [5.41, 5.74) is 6.40. The molecule has 0 heterocycles. The number of nitrogens with two attached hydrogens (primary N) is 1. The first-order valence-corrected chi connectivity index (χ1v) is 5.47. The molecule has 0 amide bonds. The first-order chi connectivity index (χ1) is 7.26. The van der Waals surface area contributed by atoms with Crippen LogP contribution in [0.3, 0.4) is 0 Å². The molecule has 0 aliphatic rings. The highest BCUT2D eigenvalue weighted by Crippen LogP contribution is 2.14.